The molecule has 0 radical (unpaired) electrons. The predicted molar refractivity (Wildman–Crippen MR) is 233 cm³/mol. The Labute approximate surface area is 398 Å². The molecular weight excluding hydrogens is 964 g/mol. The zero-order chi connectivity index (χ0) is 57.2. The van der Waals surface area contributed by atoms with Crippen LogP contribution in [0.1, 0.15) is 0 Å². The Kier molecular flexibility index (Phi) is 113. The van der Waals surface area contributed by atoms with Gasteiger partial charge < -0.3 is 174 Å². The highest BCUT2D eigenvalue weighted by atomic mass is 16.4. The Morgan fingerprint density at radius 3 is 0.203 bits per heavy atom. The molecule has 0 atom stereocenters. The molecule has 0 spiro atoms. The number of aliphatic hydroxyl groups is 34. The molecule has 0 unspecified atom stereocenters. The number of aliphatic hydroxyl groups excluding tert-OH is 34. The molecule has 34 N–H and O–H groups in total. The molecule has 34 nitrogen and oxygen atoms in total. The van der Waals surface area contributed by atoms with Crippen molar-refractivity contribution in [2.75, 3.05) is 159 Å². The quantitative estimate of drug-likeness (QED) is 0.0427. The Hall–Kier alpha value is -1.36. The molecule has 0 aromatic rings. The maximum atomic E-state index is 8.50. The van der Waals surface area contributed by atoms with Crippen molar-refractivity contribution in [3.05, 3.63) is 0 Å². The summed E-state index contributed by atoms with van der Waals surface area (Å²) in [4.78, 5) is 0. The van der Waals surface area contributed by atoms with Crippen LogP contribution in [0, 0.1) is 5.41 Å². The Morgan fingerprint density at radius 2 is 0.203 bits per heavy atom. The summed E-state index contributed by atoms with van der Waals surface area (Å²) in [5, 5.41) is 274. The van der Waals surface area contributed by atoms with E-state index in [-0.39, 0.29) is 132 Å². The molecular formula is C35H92O34. The fourth-order valence-corrected chi connectivity index (χ4v) is 0.877. The van der Waals surface area contributed by atoms with Gasteiger partial charge in [-0.15, -0.1) is 0 Å². The largest absolute Gasteiger partial charge is 0.396 e. The van der Waals surface area contributed by atoms with E-state index in [1.54, 1.807) is 0 Å². The second-order valence-electron chi connectivity index (χ2n) is 12.3. The van der Waals surface area contributed by atoms with Crippen LogP contribution in [0.2, 0.25) is 0 Å². The molecule has 0 aliphatic rings. The minimum absolute atomic E-state index is 0.365. The highest BCUT2D eigenvalue weighted by Crippen LogP contribution is 2.11. The normalized spacial score (nSPS) is 10.3. The first-order chi connectivity index (χ1) is 32.3. The van der Waals surface area contributed by atoms with Crippen molar-refractivity contribution < 1.29 is 174 Å². The fraction of sp³-hybridized carbons (Fsp3) is 1.00. The molecule has 0 saturated carbocycles. The SMILES string of the molecule is OCC(CO)(CO)CO.OCC(O)CO.OCC(O)CO.OCC(O)CO.OCC(O)CO.OCC(O)CO.OCC(O)CO.OCC(O)CO.OCC(O)CO.OCC(O)CO.OCC(O)CO. The van der Waals surface area contributed by atoms with Crippen molar-refractivity contribution in [2.45, 2.75) is 61.0 Å². The summed E-state index contributed by atoms with van der Waals surface area (Å²) >= 11 is 0. The van der Waals surface area contributed by atoms with E-state index in [1.165, 1.54) is 0 Å². The molecule has 0 heterocycles. The van der Waals surface area contributed by atoms with Gasteiger partial charge in [0.05, 0.1) is 164 Å². The smallest absolute Gasteiger partial charge is 0.100 e. The van der Waals surface area contributed by atoms with Gasteiger partial charge >= 0.3 is 0 Å². The van der Waals surface area contributed by atoms with Gasteiger partial charge in [0.2, 0.25) is 0 Å². The first kappa shape index (κ1) is 93.6. The third-order valence-corrected chi connectivity index (χ3v) is 5.56. The van der Waals surface area contributed by atoms with E-state index in [9.17, 15) is 0 Å². The molecule has 0 saturated heterocycles. The summed E-state index contributed by atoms with van der Waals surface area (Å²) in [5.74, 6) is 0. The minimum Gasteiger partial charge on any atom is -0.396 e. The summed E-state index contributed by atoms with van der Waals surface area (Å²) in [6, 6.07) is 0. The van der Waals surface area contributed by atoms with Crippen LogP contribution in [0.3, 0.4) is 0 Å². The van der Waals surface area contributed by atoms with Crippen LogP contribution in [-0.2, 0) is 0 Å². The summed E-state index contributed by atoms with van der Waals surface area (Å²) in [7, 11) is 0. The van der Waals surface area contributed by atoms with E-state index in [4.69, 9.17) is 174 Å². The van der Waals surface area contributed by atoms with Gasteiger partial charge in [-0.05, 0) is 0 Å². The molecule has 0 aromatic heterocycles. The van der Waals surface area contributed by atoms with Crippen molar-refractivity contribution in [1.29, 1.82) is 0 Å². The summed E-state index contributed by atoms with van der Waals surface area (Å²) < 4.78 is 0. The van der Waals surface area contributed by atoms with E-state index in [0.717, 1.165) is 0 Å². The van der Waals surface area contributed by atoms with E-state index in [2.05, 4.69) is 0 Å². The lowest BCUT2D eigenvalue weighted by Gasteiger charge is -2.23. The van der Waals surface area contributed by atoms with Crippen molar-refractivity contribution in [2.24, 2.45) is 5.41 Å². The molecule has 0 rings (SSSR count). The zero-order valence-corrected chi connectivity index (χ0v) is 38.4. The first-order valence-corrected chi connectivity index (χ1v) is 19.8. The second-order valence-corrected chi connectivity index (χ2v) is 12.3. The average Bonchev–Trinajstić information content (AvgIpc) is 3.42. The lowest BCUT2D eigenvalue weighted by molar-refractivity contribution is -0.0328. The second kappa shape index (κ2) is 83.5. The average molecular weight is 1060 g/mol. The third-order valence-electron chi connectivity index (χ3n) is 5.56. The number of rotatable bonds is 24. The lowest BCUT2D eigenvalue weighted by Crippen LogP contribution is -2.37. The Bertz CT molecular complexity index is 548. The monoisotopic (exact) mass is 1060 g/mol. The van der Waals surface area contributed by atoms with E-state index in [1.807, 2.05) is 0 Å². The summed E-state index contributed by atoms with van der Waals surface area (Å²) in [6.07, 6.45) is -9.54. The molecule has 436 valence electrons. The summed E-state index contributed by atoms with van der Waals surface area (Å²) in [6.45, 7) is -8.92. The van der Waals surface area contributed by atoms with Crippen LogP contribution in [0.4, 0.5) is 0 Å². The predicted octanol–water partition coefficient (Wildman–Crippen LogP) is -18.7. The van der Waals surface area contributed by atoms with E-state index in [0.29, 0.717) is 0 Å². The lowest BCUT2D eigenvalue weighted by atomic mass is 9.93. The molecule has 0 aliphatic carbocycles. The van der Waals surface area contributed by atoms with Gasteiger partial charge in [0.25, 0.3) is 0 Å². The van der Waals surface area contributed by atoms with Gasteiger partial charge in [0, 0.05) is 0 Å². The van der Waals surface area contributed by atoms with Gasteiger partial charge in [-0.25, -0.2) is 0 Å². The molecule has 69 heavy (non-hydrogen) atoms. The minimum atomic E-state index is -1.11. The Morgan fingerprint density at radius 1 is 0.145 bits per heavy atom. The van der Waals surface area contributed by atoms with Crippen LogP contribution in [0.25, 0.3) is 0 Å². The van der Waals surface area contributed by atoms with Gasteiger partial charge in [-0.1, -0.05) is 0 Å². The van der Waals surface area contributed by atoms with Crippen molar-refractivity contribution in [3.63, 3.8) is 0 Å². The van der Waals surface area contributed by atoms with Gasteiger partial charge in [-0.2, -0.15) is 0 Å². The van der Waals surface area contributed by atoms with Gasteiger partial charge in [-0.3, -0.25) is 0 Å². The molecule has 0 aliphatic heterocycles. The third kappa shape index (κ3) is 109. The standard InChI is InChI=1S/C5H12O4.10C3H8O3/c6-1-5(2-7,3-8)4-9;10*4-1-3(6)2-5/h6-9H,1-4H2;10*3-6H,1-2H2. The molecule has 0 fully saturated rings. The van der Waals surface area contributed by atoms with Crippen LogP contribution in [0.5, 0.6) is 0 Å². The molecule has 0 bridgehead atoms. The first-order valence-electron chi connectivity index (χ1n) is 19.8. The maximum absolute atomic E-state index is 8.50. The van der Waals surface area contributed by atoms with Crippen molar-refractivity contribution in [1.82, 2.24) is 0 Å². The van der Waals surface area contributed by atoms with Gasteiger partial charge in [0.1, 0.15) is 61.0 Å². The van der Waals surface area contributed by atoms with Crippen molar-refractivity contribution >= 4 is 0 Å². The van der Waals surface area contributed by atoms with Crippen LogP contribution < -0.4 is 0 Å². The number of hydrogen-bond acceptors (Lipinski definition) is 34. The molecule has 34 heteroatoms. The van der Waals surface area contributed by atoms with Crippen LogP contribution >= 0.6 is 0 Å². The molecule has 0 aromatic carbocycles. The fourth-order valence-electron chi connectivity index (χ4n) is 0.877. The highest BCUT2D eigenvalue weighted by Gasteiger charge is 2.26. The zero-order valence-electron chi connectivity index (χ0n) is 38.4. The van der Waals surface area contributed by atoms with Crippen LogP contribution in [0.15, 0.2) is 0 Å². The van der Waals surface area contributed by atoms with E-state index < -0.39 is 92.9 Å². The number of hydrogen-bond donors (Lipinski definition) is 34. The van der Waals surface area contributed by atoms with Crippen molar-refractivity contribution in [3.8, 4) is 0 Å². The Balaban J connectivity index is -0.0000000597. The highest BCUT2D eigenvalue weighted by molar-refractivity contribution is 4.75. The van der Waals surface area contributed by atoms with Crippen LogP contribution in [-0.4, -0.2) is 393 Å². The van der Waals surface area contributed by atoms with E-state index >= 15 is 0 Å². The molecule has 0 amide bonds. The summed E-state index contributed by atoms with van der Waals surface area (Å²) in [5.41, 5.74) is -1.11. The van der Waals surface area contributed by atoms with Gasteiger partial charge in [0.15, 0.2) is 0 Å². The maximum Gasteiger partial charge on any atom is 0.100 e. The topological polar surface area (TPSA) is 688 Å².